The number of ether oxygens (including phenoxy) is 1. The van der Waals surface area contributed by atoms with Gasteiger partial charge in [-0.05, 0) is 59.5 Å². The van der Waals surface area contributed by atoms with Gasteiger partial charge >= 0.3 is 0 Å². The predicted molar refractivity (Wildman–Crippen MR) is 121 cm³/mol. The molecule has 0 unspecified atom stereocenters. The molecule has 3 aromatic rings. The van der Waals surface area contributed by atoms with Crippen molar-refractivity contribution in [2.24, 2.45) is 5.73 Å². The van der Waals surface area contributed by atoms with Crippen molar-refractivity contribution >= 4 is 17.4 Å². The van der Waals surface area contributed by atoms with Gasteiger partial charge in [0.2, 0.25) is 0 Å². The Labute approximate surface area is 190 Å². The number of primary amides is 1. The van der Waals surface area contributed by atoms with Crippen molar-refractivity contribution in [1.29, 1.82) is 0 Å². The Morgan fingerprint density at radius 3 is 2.33 bits per heavy atom. The van der Waals surface area contributed by atoms with Crippen LogP contribution in [-0.2, 0) is 6.61 Å². The third kappa shape index (κ3) is 5.09. The monoisotopic (exact) mass is 448 g/mol. The third-order valence-electron chi connectivity index (χ3n) is 5.53. The molecule has 4 rings (SSSR count). The van der Waals surface area contributed by atoms with Gasteiger partial charge in [0.15, 0.2) is 0 Å². The van der Waals surface area contributed by atoms with E-state index in [0.29, 0.717) is 25.1 Å². The van der Waals surface area contributed by atoms with E-state index in [9.17, 15) is 18.4 Å². The van der Waals surface area contributed by atoms with Crippen molar-refractivity contribution in [1.82, 2.24) is 4.90 Å². The second-order valence-electron chi connectivity index (χ2n) is 7.70. The topological polar surface area (TPSA) is 72.6 Å². The Hall–Kier alpha value is -4.00. The molecule has 0 bridgehead atoms. The molecule has 2 N–H and O–H groups in total. The number of hydrogen-bond acceptors (Lipinski definition) is 3. The van der Waals surface area contributed by atoms with Crippen LogP contribution in [0.3, 0.4) is 0 Å². The van der Waals surface area contributed by atoms with Crippen LogP contribution in [0.25, 0.3) is 5.57 Å². The highest BCUT2D eigenvalue weighted by molar-refractivity contribution is 5.96. The van der Waals surface area contributed by atoms with Crippen molar-refractivity contribution in [3.8, 4) is 5.75 Å². The maximum absolute atomic E-state index is 13.8. The van der Waals surface area contributed by atoms with Gasteiger partial charge < -0.3 is 15.4 Å². The molecule has 1 aliphatic rings. The number of carbonyl (C=O) groups excluding carboxylic acids is 2. The summed E-state index contributed by atoms with van der Waals surface area (Å²) in [6, 6.07) is 17.3. The van der Waals surface area contributed by atoms with Crippen LogP contribution in [0.15, 0.2) is 72.8 Å². The minimum atomic E-state index is -0.901. The highest BCUT2D eigenvalue weighted by atomic mass is 19.1. The van der Waals surface area contributed by atoms with Crippen molar-refractivity contribution in [2.75, 3.05) is 13.1 Å². The lowest BCUT2D eigenvalue weighted by Crippen LogP contribution is -2.34. The van der Waals surface area contributed by atoms with E-state index in [2.05, 4.69) is 0 Å². The number of benzene rings is 3. The number of nitrogens with two attached hydrogens (primary N) is 1. The maximum atomic E-state index is 13.8. The number of hydrogen-bond donors (Lipinski definition) is 1. The molecule has 0 radical (unpaired) electrons. The van der Waals surface area contributed by atoms with E-state index < -0.39 is 11.7 Å². The average molecular weight is 448 g/mol. The summed E-state index contributed by atoms with van der Waals surface area (Å²) in [5.74, 6) is -1.93. The molecule has 0 aromatic heterocycles. The van der Waals surface area contributed by atoms with Gasteiger partial charge in [0.1, 0.15) is 29.6 Å². The smallest absolute Gasteiger partial charge is 0.255 e. The van der Waals surface area contributed by atoms with Gasteiger partial charge in [-0.2, -0.15) is 0 Å². The van der Waals surface area contributed by atoms with Gasteiger partial charge in [-0.15, -0.1) is 0 Å². The molecule has 0 spiro atoms. The van der Waals surface area contributed by atoms with Gasteiger partial charge in [0.05, 0.1) is 0 Å². The van der Waals surface area contributed by atoms with Crippen LogP contribution < -0.4 is 10.5 Å². The van der Waals surface area contributed by atoms with Crippen LogP contribution in [0.1, 0.15) is 38.3 Å². The molecule has 5 nitrogen and oxygen atoms in total. The van der Waals surface area contributed by atoms with Crippen molar-refractivity contribution in [3.05, 3.63) is 107 Å². The Balaban J connectivity index is 1.38. The molecule has 0 atom stereocenters. The summed E-state index contributed by atoms with van der Waals surface area (Å²) in [4.78, 5) is 26.1. The zero-order chi connectivity index (χ0) is 23.4. The molecule has 1 aliphatic heterocycles. The summed E-state index contributed by atoms with van der Waals surface area (Å²) in [6.07, 6.45) is 2.69. The molecule has 0 aliphatic carbocycles. The Morgan fingerprint density at radius 2 is 1.70 bits per heavy atom. The fraction of sp³-hybridized carbons (Fsp3) is 0.154. The van der Waals surface area contributed by atoms with Gasteiger partial charge in [-0.1, -0.05) is 36.4 Å². The minimum Gasteiger partial charge on any atom is -0.488 e. The van der Waals surface area contributed by atoms with E-state index in [0.717, 1.165) is 22.8 Å². The first kappa shape index (κ1) is 22.2. The van der Waals surface area contributed by atoms with Gasteiger partial charge in [-0.25, -0.2) is 8.78 Å². The van der Waals surface area contributed by atoms with Crippen molar-refractivity contribution < 1.29 is 23.1 Å². The van der Waals surface area contributed by atoms with E-state index in [1.807, 2.05) is 6.08 Å². The number of nitrogens with zero attached hydrogens (tertiary/aromatic N) is 1. The summed E-state index contributed by atoms with van der Waals surface area (Å²) in [6.45, 7) is 1.14. The van der Waals surface area contributed by atoms with Crippen LogP contribution in [0.5, 0.6) is 5.75 Å². The molecule has 33 heavy (non-hydrogen) atoms. The van der Waals surface area contributed by atoms with E-state index in [-0.39, 0.29) is 29.6 Å². The molecule has 0 saturated carbocycles. The standard InChI is InChI=1S/C26H22F2N2O3/c27-21-10-8-18(9-11-21)19-12-14-30(15-13-19)26(32)20-6-4-17(5-7-20)16-33-23-3-1-2-22(28)24(23)25(29)31/h1-12H,13-16H2,(H2,29,31). The molecule has 2 amide bonds. The molecular formula is C26H22F2N2O3. The zero-order valence-electron chi connectivity index (χ0n) is 17.8. The normalized spacial score (nSPS) is 13.4. The molecule has 0 fully saturated rings. The third-order valence-corrected chi connectivity index (χ3v) is 5.53. The lowest BCUT2D eigenvalue weighted by Gasteiger charge is -2.27. The quantitative estimate of drug-likeness (QED) is 0.600. The second-order valence-corrected chi connectivity index (χ2v) is 7.70. The SMILES string of the molecule is NC(=O)c1c(F)cccc1OCc1ccc(C(=O)N2CC=C(c3ccc(F)cc3)CC2)cc1. The van der Waals surface area contributed by atoms with E-state index >= 15 is 0 Å². The summed E-state index contributed by atoms with van der Waals surface area (Å²) in [7, 11) is 0. The fourth-order valence-corrected chi connectivity index (χ4v) is 3.73. The fourth-order valence-electron chi connectivity index (χ4n) is 3.73. The van der Waals surface area contributed by atoms with E-state index in [4.69, 9.17) is 10.5 Å². The van der Waals surface area contributed by atoms with Crippen molar-refractivity contribution in [3.63, 3.8) is 0 Å². The van der Waals surface area contributed by atoms with Crippen molar-refractivity contribution in [2.45, 2.75) is 13.0 Å². The number of halogens is 2. The Morgan fingerprint density at radius 1 is 0.970 bits per heavy atom. The predicted octanol–water partition coefficient (Wildman–Crippen LogP) is 4.57. The van der Waals surface area contributed by atoms with Gasteiger partial charge in [0.25, 0.3) is 11.8 Å². The second kappa shape index (κ2) is 9.65. The summed E-state index contributed by atoms with van der Waals surface area (Å²) in [5.41, 5.74) is 8.30. The van der Waals surface area contributed by atoms with Crippen LogP contribution in [0, 0.1) is 11.6 Å². The summed E-state index contributed by atoms with van der Waals surface area (Å²) >= 11 is 0. The van der Waals surface area contributed by atoms with Crippen LogP contribution in [-0.4, -0.2) is 29.8 Å². The van der Waals surface area contributed by atoms with Crippen LogP contribution in [0.2, 0.25) is 0 Å². The first-order valence-electron chi connectivity index (χ1n) is 10.5. The molecule has 0 saturated heterocycles. The van der Waals surface area contributed by atoms with Gasteiger partial charge in [0, 0.05) is 18.7 Å². The molecular weight excluding hydrogens is 426 g/mol. The number of amides is 2. The highest BCUT2D eigenvalue weighted by Gasteiger charge is 2.20. The number of rotatable bonds is 6. The summed E-state index contributed by atoms with van der Waals surface area (Å²) in [5, 5.41) is 0. The van der Waals surface area contributed by atoms with E-state index in [1.54, 1.807) is 41.3 Å². The molecule has 1 heterocycles. The number of carbonyl (C=O) groups is 2. The summed E-state index contributed by atoms with van der Waals surface area (Å²) < 4.78 is 32.5. The first-order chi connectivity index (χ1) is 15.9. The van der Waals surface area contributed by atoms with Crippen LogP contribution >= 0.6 is 0 Å². The lowest BCUT2D eigenvalue weighted by molar-refractivity contribution is 0.0772. The van der Waals surface area contributed by atoms with Crippen LogP contribution in [0.4, 0.5) is 8.78 Å². The largest absolute Gasteiger partial charge is 0.488 e. The first-order valence-corrected chi connectivity index (χ1v) is 10.5. The maximum Gasteiger partial charge on any atom is 0.255 e. The molecule has 7 heteroatoms. The van der Waals surface area contributed by atoms with Gasteiger partial charge in [-0.3, -0.25) is 9.59 Å². The lowest BCUT2D eigenvalue weighted by atomic mass is 9.99. The Kier molecular flexibility index (Phi) is 6.49. The van der Waals surface area contributed by atoms with E-state index in [1.165, 1.54) is 24.3 Å². The Bertz CT molecular complexity index is 1210. The molecule has 3 aromatic carbocycles. The average Bonchev–Trinajstić information content (AvgIpc) is 2.83. The zero-order valence-corrected chi connectivity index (χ0v) is 17.8. The minimum absolute atomic E-state index is 0.0692. The highest BCUT2D eigenvalue weighted by Crippen LogP contribution is 2.24. The molecule has 168 valence electrons.